The molecule has 7 unspecified atom stereocenters. The van der Waals surface area contributed by atoms with Gasteiger partial charge >= 0.3 is 0 Å². The molecule has 0 N–H and O–H groups in total. The monoisotopic (exact) mass is 1000 g/mol. The third-order valence-electron chi connectivity index (χ3n) is 18.4. The summed E-state index contributed by atoms with van der Waals surface area (Å²) in [4.78, 5) is 0. The van der Waals surface area contributed by atoms with E-state index in [4.69, 9.17) is 0 Å². The van der Waals surface area contributed by atoms with Crippen LogP contribution in [-0.2, 0) is 32.1 Å². The van der Waals surface area contributed by atoms with Crippen molar-refractivity contribution in [1.29, 1.82) is 0 Å². The Balaban J connectivity index is 0.949. The van der Waals surface area contributed by atoms with Crippen LogP contribution in [0.15, 0.2) is 236 Å². The SMILES string of the molecule is CC(C)C1=CC(C(C2=CCC(Cc3ccccc3)CC2)c2ccc(Cc3ccccc3)cc2)C2C=CC3c4c(ccc1c42)C([C@H](Cc1ccc(Cc2ccccc2)cc1)c1ccc(CC2C=CC=CC2)cc1)=CC3C(C)C. The molecule has 0 fully saturated rings. The van der Waals surface area contributed by atoms with Crippen molar-refractivity contribution in [3.63, 3.8) is 0 Å². The highest BCUT2D eigenvalue weighted by molar-refractivity contribution is 5.84. The average molecular weight is 1000 g/mol. The van der Waals surface area contributed by atoms with Gasteiger partial charge in [0.25, 0.3) is 0 Å². The normalized spacial score (nSPS) is 22.0. The molecule has 0 amide bonds. The van der Waals surface area contributed by atoms with Gasteiger partial charge in [0.15, 0.2) is 0 Å². The van der Waals surface area contributed by atoms with Gasteiger partial charge in [0.2, 0.25) is 0 Å². The van der Waals surface area contributed by atoms with Gasteiger partial charge in [-0.1, -0.05) is 264 Å². The molecule has 0 saturated carbocycles. The maximum Gasteiger partial charge on any atom is 0.0133 e. The quantitative estimate of drug-likeness (QED) is 0.0798. The molecule has 0 heterocycles. The minimum Gasteiger partial charge on any atom is -0.0844 e. The summed E-state index contributed by atoms with van der Waals surface area (Å²) in [5.74, 6) is 3.93. The Morgan fingerprint density at radius 3 is 1.55 bits per heavy atom. The second kappa shape index (κ2) is 22.9. The van der Waals surface area contributed by atoms with E-state index in [0.29, 0.717) is 41.4 Å². The molecule has 0 spiro atoms. The number of hydrogen-bond acceptors (Lipinski definition) is 0. The summed E-state index contributed by atoms with van der Waals surface area (Å²) >= 11 is 0. The van der Waals surface area contributed by atoms with Gasteiger partial charge in [-0.3, -0.25) is 0 Å². The highest BCUT2D eigenvalue weighted by Gasteiger charge is 2.45. The van der Waals surface area contributed by atoms with Gasteiger partial charge in [0, 0.05) is 23.7 Å². The number of benzene rings is 7. The van der Waals surface area contributed by atoms with Crippen molar-refractivity contribution >= 4 is 11.1 Å². The van der Waals surface area contributed by atoms with E-state index < -0.39 is 0 Å². The predicted octanol–water partition coefficient (Wildman–Crippen LogP) is 19.4. The van der Waals surface area contributed by atoms with E-state index >= 15 is 0 Å². The third-order valence-corrected chi connectivity index (χ3v) is 18.4. The zero-order chi connectivity index (χ0) is 52.2. The van der Waals surface area contributed by atoms with Gasteiger partial charge in [-0.2, -0.15) is 0 Å². The van der Waals surface area contributed by atoms with Crippen LogP contribution in [0.1, 0.15) is 149 Å². The van der Waals surface area contributed by atoms with E-state index in [1.807, 2.05) is 0 Å². The largest absolute Gasteiger partial charge is 0.0844 e. The maximum atomic E-state index is 2.78. The van der Waals surface area contributed by atoms with Crippen LogP contribution < -0.4 is 0 Å². The lowest BCUT2D eigenvalue weighted by molar-refractivity contribution is 0.400. The van der Waals surface area contributed by atoms with Gasteiger partial charge in [-0.05, 0) is 177 Å². The van der Waals surface area contributed by atoms with Crippen molar-refractivity contribution in [1.82, 2.24) is 0 Å². The Hall–Kier alpha value is -7.02. The topological polar surface area (TPSA) is 0 Å². The van der Waals surface area contributed by atoms with Crippen LogP contribution in [0, 0.1) is 35.5 Å². The zero-order valence-electron chi connectivity index (χ0n) is 46.1. The summed E-state index contributed by atoms with van der Waals surface area (Å²) in [6, 6.07) is 67.6. The average Bonchev–Trinajstić information content (AvgIpc) is 3.46. The Morgan fingerprint density at radius 2 is 0.974 bits per heavy atom. The molecular weight excluding hydrogens is 925 g/mol. The first-order valence-electron chi connectivity index (χ1n) is 29.5. The molecule has 0 nitrogen and oxygen atoms in total. The first-order valence-corrected chi connectivity index (χ1v) is 29.5. The van der Waals surface area contributed by atoms with Crippen LogP contribution >= 0.6 is 0 Å². The fourth-order valence-corrected chi connectivity index (χ4v) is 14.4. The molecule has 0 aromatic heterocycles. The minimum absolute atomic E-state index is 0.209. The second-order valence-electron chi connectivity index (χ2n) is 24.2. The molecule has 0 bridgehead atoms. The Kier molecular flexibility index (Phi) is 15.1. The molecule has 5 aliphatic carbocycles. The van der Waals surface area contributed by atoms with Crippen molar-refractivity contribution < 1.29 is 0 Å². The van der Waals surface area contributed by atoms with Crippen molar-refractivity contribution in [3.8, 4) is 0 Å². The van der Waals surface area contributed by atoms with E-state index in [1.54, 1.807) is 16.7 Å². The van der Waals surface area contributed by atoms with Crippen molar-refractivity contribution in [2.75, 3.05) is 0 Å². The molecule has 12 rings (SSSR count). The van der Waals surface area contributed by atoms with E-state index in [1.165, 1.54) is 78.8 Å². The summed E-state index contributed by atoms with van der Waals surface area (Å²) in [5.41, 5.74) is 23.6. The van der Waals surface area contributed by atoms with Crippen LogP contribution in [0.3, 0.4) is 0 Å². The Morgan fingerprint density at radius 1 is 0.455 bits per heavy atom. The number of allylic oxidation sites excluding steroid dienone is 12. The summed E-state index contributed by atoms with van der Waals surface area (Å²) in [5, 5.41) is 0. The zero-order valence-corrected chi connectivity index (χ0v) is 46.1. The first kappa shape index (κ1) is 50.8. The smallest absolute Gasteiger partial charge is 0.0133 e. The molecule has 386 valence electrons. The summed E-state index contributed by atoms with van der Waals surface area (Å²) in [7, 11) is 0. The summed E-state index contributed by atoms with van der Waals surface area (Å²) < 4.78 is 0. The molecule has 7 aromatic carbocycles. The van der Waals surface area contributed by atoms with Crippen LogP contribution in [0.25, 0.3) is 11.1 Å². The molecular formula is C77H78. The standard InChI is InChI=1S/C77H78/c1-52(2)70-50-73(72(63-35-29-59(30-36-63)46-55-19-11-6-12-20-55)49-62-27-25-58(26-28-62)45-54-17-9-5-10-18-54)68-43-41-67-71(53(3)4)51-74(69-44-42-66(70)76(68)77(67)69)75(64-37-31-60(32-38-64)47-56-21-13-7-14-22-56)65-39-33-61(34-40-65)48-57-23-15-8-16-24-57/h5-19,21-32,35-39,41-44,50-53,55,61,66,69-70,72,74-75H,20,33-34,40,45-49H2,1-4H3/t55?,61?,66?,69?,70?,72-,74?,75?/m1/s1. The molecule has 8 atom stereocenters. The lowest BCUT2D eigenvalue weighted by atomic mass is 9.57. The lowest BCUT2D eigenvalue weighted by Gasteiger charge is -2.46. The van der Waals surface area contributed by atoms with Crippen LogP contribution in [0.5, 0.6) is 0 Å². The molecule has 0 aliphatic heterocycles. The molecule has 0 radical (unpaired) electrons. The van der Waals surface area contributed by atoms with E-state index in [9.17, 15) is 0 Å². The Labute approximate surface area is 461 Å². The number of rotatable bonds is 17. The lowest BCUT2D eigenvalue weighted by Crippen LogP contribution is -2.32. The molecule has 7 aromatic rings. The molecule has 77 heavy (non-hydrogen) atoms. The minimum atomic E-state index is 0.209. The third kappa shape index (κ3) is 11.1. The predicted molar refractivity (Wildman–Crippen MR) is 326 cm³/mol. The van der Waals surface area contributed by atoms with Crippen LogP contribution in [-0.4, -0.2) is 0 Å². The van der Waals surface area contributed by atoms with Gasteiger partial charge in [0.1, 0.15) is 0 Å². The molecule has 0 heteroatoms. The highest BCUT2D eigenvalue weighted by atomic mass is 14.5. The van der Waals surface area contributed by atoms with Gasteiger partial charge < -0.3 is 0 Å². The molecule has 5 aliphatic rings. The van der Waals surface area contributed by atoms with Crippen LogP contribution in [0.4, 0.5) is 0 Å². The number of hydrogen-bond donors (Lipinski definition) is 0. The fourth-order valence-electron chi connectivity index (χ4n) is 14.4. The van der Waals surface area contributed by atoms with Crippen molar-refractivity contribution in [2.45, 2.75) is 109 Å². The van der Waals surface area contributed by atoms with Crippen molar-refractivity contribution in [3.05, 3.63) is 309 Å². The van der Waals surface area contributed by atoms with E-state index in [-0.39, 0.29) is 17.8 Å². The summed E-state index contributed by atoms with van der Waals surface area (Å²) in [6.07, 6.45) is 32.5. The van der Waals surface area contributed by atoms with E-state index in [2.05, 4.69) is 258 Å². The summed E-state index contributed by atoms with van der Waals surface area (Å²) in [6.45, 7) is 9.84. The maximum absolute atomic E-state index is 2.78. The van der Waals surface area contributed by atoms with Gasteiger partial charge in [0.05, 0.1) is 0 Å². The fraction of sp³-hybridized carbons (Fsp3) is 0.299. The van der Waals surface area contributed by atoms with Gasteiger partial charge in [-0.25, -0.2) is 0 Å². The molecule has 0 saturated heterocycles. The highest BCUT2D eigenvalue weighted by Crippen LogP contribution is 2.59. The van der Waals surface area contributed by atoms with Crippen molar-refractivity contribution in [2.24, 2.45) is 35.5 Å². The second-order valence-corrected chi connectivity index (χ2v) is 24.2. The van der Waals surface area contributed by atoms with Gasteiger partial charge in [-0.15, -0.1) is 0 Å². The van der Waals surface area contributed by atoms with E-state index in [0.717, 1.165) is 51.4 Å². The van der Waals surface area contributed by atoms with Crippen LogP contribution in [0.2, 0.25) is 0 Å². The Bertz CT molecular complexity index is 3320. The first-order chi connectivity index (χ1) is 37.8.